The fraction of sp³-hybridized carbons (Fsp3) is 0.455. The summed E-state index contributed by atoms with van der Waals surface area (Å²) in [5.74, 6) is 2.36. The summed E-state index contributed by atoms with van der Waals surface area (Å²) in [6.45, 7) is 4.26. The van der Waals surface area contributed by atoms with Gasteiger partial charge in [-0.1, -0.05) is 13.8 Å². The van der Waals surface area contributed by atoms with Gasteiger partial charge in [0.05, 0.1) is 0 Å². The number of aryl methyl sites for hydroxylation is 1. The van der Waals surface area contributed by atoms with Gasteiger partial charge in [-0.05, 0) is 5.92 Å². The summed E-state index contributed by atoms with van der Waals surface area (Å²) < 4.78 is 1.69. The Bertz CT molecular complexity index is 516. The van der Waals surface area contributed by atoms with E-state index in [-0.39, 0.29) is 0 Å². The molecule has 2 aromatic rings. The van der Waals surface area contributed by atoms with Gasteiger partial charge < -0.3 is 5.73 Å². The monoisotopic (exact) mass is 232 g/mol. The van der Waals surface area contributed by atoms with Crippen LogP contribution in [0, 0.1) is 5.92 Å². The second-order valence-electron chi connectivity index (χ2n) is 4.36. The maximum absolute atomic E-state index is 5.78. The predicted molar refractivity (Wildman–Crippen MR) is 65.0 cm³/mol. The minimum absolute atomic E-state index is 0.374. The minimum Gasteiger partial charge on any atom is -0.382 e. The van der Waals surface area contributed by atoms with Gasteiger partial charge in [-0.15, -0.1) is 0 Å². The van der Waals surface area contributed by atoms with E-state index in [1.165, 1.54) is 0 Å². The number of anilines is 1. The quantitative estimate of drug-likeness (QED) is 0.855. The van der Waals surface area contributed by atoms with Crippen molar-refractivity contribution in [3.8, 4) is 11.5 Å². The average Bonchev–Trinajstić information content (AvgIpc) is 2.59. The molecule has 2 heterocycles. The predicted octanol–water partition coefficient (Wildman–Crippen LogP) is 1.05. The molecular weight excluding hydrogens is 216 g/mol. The highest BCUT2D eigenvalue weighted by molar-refractivity contribution is 5.62. The van der Waals surface area contributed by atoms with E-state index in [1.54, 1.807) is 17.1 Å². The maximum atomic E-state index is 5.78. The molecule has 0 fully saturated rings. The third kappa shape index (κ3) is 2.41. The van der Waals surface area contributed by atoms with Crippen molar-refractivity contribution in [3.05, 3.63) is 18.2 Å². The van der Waals surface area contributed by atoms with E-state index in [2.05, 4.69) is 33.9 Å². The molecule has 0 unspecified atom stereocenters. The van der Waals surface area contributed by atoms with Gasteiger partial charge in [-0.2, -0.15) is 5.10 Å². The molecule has 2 rings (SSSR count). The zero-order valence-electron chi connectivity index (χ0n) is 10.3. The number of hydrogen-bond donors (Lipinski definition) is 1. The van der Waals surface area contributed by atoms with Crippen molar-refractivity contribution in [3.63, 3.8) is 0 Å². The Hall–Kier alpha value is -1.98. The van der Waals surface area contributed by atoms with Crippen LogP contribution in [0.15, 0.2) is 12.4 Å². The van der Waals surface area contributed by atoms with Crippen molar-refractivity contribution in [1.29, 1.82) is 0 Å². The Balaban J connectivity index is 2.40. The van der Waals surface area contributed by atoms with Crippen LogP contribution < -0.4 is 5.73 Å². The molecule has 6 nitrogen and oxygen atoms in total. The number of hydrogen-bond acceptors (Lipinski definition) is 5. The van der Waals surface area contributed by atoms with Crippen molar-refractivity contribution < 1.29 is 0 Å². The molecule has 17 heavy (non-hydrogen) atoms. The van der Waals surface area contributed by atoms with Crippen molar-refractivity contribution in [2.75, 3.05) is 5.73 Å². The summed E-state index contributed by atoms with van der Waals surface area (Å²) in [5.41, 5.74) is 6.36. The zero-order chi connectivity index (χ0) is 12.4. The highest BCUT2D eigenvalue weighted by atomic mass is 15.3. The summed E-state index contributed by atoms with van der Waals surface area (Å²) in [7, 11) is 1.83. The smallest absolute Gasteiger partial charge is 0.180 e. The Morgan fingerprint density at radius 3 is 2.65 bits per heavy atom. The summed E-state index contributed by atoms with van der Waals surface area (Å²) in [4.78, 5) is 12.6. The molecule has 0 aliphatic rings. The molecule has 0 radical (unpaired) electrons. The Labute approximate surface area is 99.9 Å². The Morgan fingerprint density at radius 2 is 2.00 bits per heavy atom. The number of aromatic nitrogens is 5. The van der Waals surface area contributed by atoms with Crippen LogP contribution in [0.5, 0.6) is 0 Å². The normalized spacial score (nSPS) is 11.1. The Kier molecular flexibility index (Phi) is 3.03. The minimum atomic E-state index is 0.374. The van der Waals surface area contributed by atoms with Gasteiger partial charge in [-0.25, -0.2) is 19.6 Å². The molecule has 0 spiro atoms. The van der Waals surface area contributed by atoms with Crippen LogP contribution in [0.1, 0.15) is 19.7 Å². The summed E-state index contributed by atoms with van der Waals surface area (Å²) >= 11 is 0. The van der Waals surface area contributed by atoms with Gasteiger partial charge in [0, 0.05) is 25.9 Å². The second kappa shape index (κ2) is 4.48. The lowest BCUT2D eigenvalue weighted by Gasteiger charge is -2.00. The first-order valence-corrected chi connectivity index (χ1v) is 5.54. The third-order valence-electron chi connectivity index (χ3n) is 2.34. The third-order valence-corrected chi connectivity index (χ3v) is 2.34. The van der Waals surface area contributed by atoms with Crippen molar-refractivity contribution >= 4 is 5.82 Å². The molecule has 0 aliphatic carbocycles. The Morgan fingerprint density at radius 1 is 1.29 bits per heavy atom. The molecule has 0 aromatic carbocycles. The fourth-order valence-electron chi connectivity index (χ4n) is 1.62. The first-order valence-electron chi connectivity index (χ1n) is 5.54. The van der Waals surface area contributed by atoms with E-state index in [4.69, 9.17) is 5.73 Å². The summed E-state index contributed by atoms with van der Waals surface area (Å²) in [5, 5.41) is 4.35. The fourth-order valence-corrected chi connectivity index (χ4v) is 1.62. The largest absolute Gasteiger partial charge is 0.382 e. The highest BCUT2D eigenvalue weighted by Crippen LogP contribution is 2.19. The first-order chi connectivity index (χ1) is 8.08. The van der Waals surface area contributed by atoms with Crippen LogP contribution in [0.25, 0.3) is 11.5 Å². The van der Waals surface area contributed by atoms with E-state index in [9.17, 15) is 0 Å². The number of nitrogen functional groups attached to an aromatic ring is 1. The van der Waals surface area contributed by atoms with E-state index in [0.717, 1.165) is 12.2 Å². The molecule has 90 valence electrons. The first kappa shape index (κ1) is 11.5. The molecule has 2 aromatic heterocycles. The molecule has 0 amide bonds. The van der Waals surface area contributed by atoms with Crippen LogP contribution in [-0.2, 0) is 13.5 Å². The van der Waals surface area contributed by atoms with E-state index >= 15 is 0 Å². The van der Waals surface area contributed by atoms with Crippen LogP contribution in [-0.4, -0.2) is 24.7 Å². The van der Waals surface area contributed by atoms with Gasteiger partial charge in [0.2, 0.25) is 0 Å². The highest BCUT2D eigenvalue weighted by Gasteiger charge is 2.14. The van der Waals surface area contributed by atoms with Crippen LogP contribution in [0.2, 0.25) is 0 Å². The number of nitrogens with two attached hydrogens (primary N) is 1. The molecule has 0 bridgehead atoms. The van der Waals surface area contributed by atoms with Gasteiger partial charge in [0.1, 0.15) is 5.69 Å². The van der Waals surface area contributed by atoms with Gasteiger partial charge in [0.15, 0.2) is 17.5 Å². The van der Waals surface area contributed by atoms with Crippen LogP contribution in [0.3, 0.4) is 0 Å². The molecule has 0 atom stereocenters. The molecule has 2 N–H and O–H groups in total. The summed E-state index contributed by atoms with van der Waals surface area (Å²) in [6.07, 6.45) is 4.00. The lowest BCUT2D eigenvalue weighted by Crippen LogP contribution is -2.01. The SMILES string of the molecule is CC(C)Cc1nc(-c2nccnc2N)n(C)n1. The lowest BCUT2D eigenvalue weighted by molar-refractivity contribution is 0.613. The van der Waals surface area contributed by atoms with Crippen molar-refractivity contribution in [2.24, 2.45) is 13.0 Å². The maximum Gasteiger partial charge on any atom is 0.180 e. The van der Waals surface area contributed by atoms with Gasteiger partial charge in [-0.3, -0.25) is 0 Å². The number of rotatable bonds is 3. The van der Waals surface area contributed by atoms with Gasteiger partial charge in [0.25, 0.3) is 0 Å². The molecule has 0 saturated carbocycles. The van der Waals surface area contributed by atoms with E-state index in [0.29, 0.717) is 23.3 Å². The average molecular weight is 232 g/mol. The topological polar surface area (TPSA) is 82.5 Å². The van der Waals surface area contributed by atoms with E-state index < -0.39 is 0 Å². The molecule has 6 heteroatoms. The second-order valence-corrected chi connectivity index (χ2v) is 4.36. The van der Waals surface area contributed by atoms with E-state index in [1.807, 2.05) is 7.05 Å². The van der Waals surface area contributed by atoms with Crippen molar-refractivity contribution in [2.45, 2.75) is 20.3 Å². The standard InChI is InChI=1S/C11H16N6/c1-7(2)6-8-15-11(17(3)16-8)9-10(12)14-5-4-13-9/h4-5,7H,6H2,1-3H3,(H2,12,14). The lowest BCUT2D eigenvalue weighted by atomic mass is 10.1. The molecule has 0 saturated heterocycles. The molecular formula is C11H16N6. The van der Waals surface area contributed by atoms with Gasteiger partial charge >= 0.3 is 0 Å². The van der Waals surface area contributed by atoms with Crippen LogP contribution >= 0.6 is 0 Å². The number of nitrogens with zero attached hydrogens (tertiary/aromatic N) is 5. The summed E-state index contributed by atoms with van der Waals surface area (Å²) in [6, 6.07) is 0. The van der Waals surface area contributed by atoms with Crippen molar-refractivity contribution in [1.82, 2.24) is 24.7 Å². The molecule has 0 aliphatic heterocycles. The zero-order valence-corrected chi connectivity index (χ0v) is 10.3. The van der Waals surface area contributed by atoms with Crippen LogP contribution in [0.4, 0.5) is 5.82 Å².